The van der Waals surface area contributed by atoms with E-state index in [9.17, 15) is 73.2 Å². The number of carbonyl (C=O) groups excluding carboxylic acids is 5. The zero-order valence-electron chi connectivity index (χ0n) is 34.3. The topological polar surface area (TPSA) is 402 Å². The first-order valence-corrected chi connectivity index (χ1v) is 20.9. The van der Waals surface area contributed by atoms with Gasteiger partial charge in [0, 0.05) is 31.8 Å². The van der Waals surface area contributed by atoms with E-state index in [-0.39, 0.29) is 29.7 Å². The lowest BCUT2D eigenvalue weighted by Gasteiger charge is -2.28. The molecule has 2 aromatic rings. The molecule has 0 spiro atoms. The third-order valence-electron chi connectivity index (χ3n) is 9.26. The molecule has 13 N–H and O–H groups in total. The molecule has 0 saturated carbocycles. The van der Waals surface area contributed by atoms with Gasteiger partial charge >= 0.3 is 31.7 Å². The smallest absolute Gasteiger partial charge is 0.504 e. The predicted molar refractivity (Wildman–Crippen MR) is 219 cm³/mol. The average Bonchev–Trinajstić information content (AvgIpc) is 3.20. The van der Waals surface area contributed by atoms with Crippen LogP contribution in [0.2, 0.25) is 0 Å². The molecule has 0 unspecified atom stereocenters. The molecule has 0 aromatic heterocycles. The van der Waals surface area contributed by atoms with Crippen LogP contribution in [0, 0.1) is 5.92 Å². The third kappa shape index (κ3) is 19.3. The number of phosphoric acid groups is 1. The number of carbonyl (C=O) groups is 9. The SMILES string of the molecule is CC[C@@H](C)[C@H](NC(=O)[C@H](CCC(=O)O)NC(=O)[C@H](CCC(=O)O)NC(=O)[C@H](Cc1ccc(OP(=O)(O)O)cc1)NC(=O)/C=C/c1ccc(O)c(O)c1)C(=O)N[C@@H](CCC(=O)O)C(=O)O. The van der Waals surface area contributed by atoms with Crippen LogP contribution in [-0.4, -0.2) is 124 Å². The number of phenolic OH excluding ortho intramolecular Hbond substituents is 2. The van der Waals surface area contributed by atoms with E-state index in [0.29, 0.717) is 0 Å². The fourth-order valence-corrected chi connectivity index (χ4v) is 6.06. The minimum Gasteiger partial charge on any atom is -0.504 e. The molecule has 0 aliphatic rings. The van der Waals surface area contributed by atoms with Gasteiger partial charge in [-0.05, 0) is 66.6 Å². The summed E-state index contributed by atoms with van der Waals surface area (Å²) in [5.41, 5.74) is 0.509. The van der Waals surface area contributed by atoms with E-state index in [2.05, 4.69) is 31.1 Å². The van der Waals surface area contributed by atoms with Crippen molar-refractivity contribution < 1.29 is 92.7 Å². The van der Waals surface area contributed by atoms with Gasteiger partial charge in [-0.1, -0.05) is 38.5 Å². The molecule has 6 atom stereocenters. The molecule has 0 aliphatic heterocycles. The van der Waals surface area contributed by atoms with Crippen LogP contribution in [0.5, 0.6) is 17.2 Å². The Morgan fingerprint density at radius 1 is 0.641 bits per heavy atom. The second-order valence-corrected chi connectivity index (χ2v) is 15.4. The Bertz CT molecular complexity index is 2110. The Hall–Kier alpha value is -7.04. The van der Waals surface area contributed by atoms with Gasteiger partial charge in [-0.2, -0.15) is 0 Å². The molecule has 24 nitrogen and oxygen atoms in total. The zero-order chi connectivity index (χ0) is 48.3. The number of aliphatic carboxylic acids is 4. The van der Waals surface area contributed by atoms with Gasteiger partial charge in [-0.15, -0.1) is 0 Å². The number of benzene rings is 2. The molecule has 5 amide bonds. The van der Waals surface area contributed by atoms with Crippen molar-refractivity contribution in [3.05, 3.63) is 59.7 Å². The Morgan fingerprint density at radius 3 is 1.59 bits per heavy atom. The summed E-state index contributed by atoms with van der Waals surface area (Å²) < 4.78 is 15.8. The number of amides is 5. The summed E-state index contributed by atoms with van der Waals surface area (Å²) >= 11 is 0. The maximum absolute atomic E-state index is 13.9. The van der Waals surface area contributed by atoms with Gasteiger partial charge in [0.1, 0.15) is 36.0 Å². The number of nitrogens with one attached hydrogen (secondary N) is 5. The van der Waals surface area contributed by atoms with E-state index in [1.165, 1.54) is 31.2 Å². The van der Waals surface area contributed by atoms with Gasteiger partial charge in [0.2, 0.25) is 29.5 Å². The number of hydrogen-bond donors (Lipinski definition) is 13. The van der Waals surface area contributed by atoms with E-state index < -0.39 is 147 Å². The van der Waals surface area contributed by atoms with Gasteiger partial charge in [-0.25, -0.2) is 9.36 Å². The summed E-state index contributed by atoms with van der Waals surface area (Å²) in [6, 6.07) is 0.199. The van der Waals surface area contributed by atoms with Gasteiger partial charge in [0.05, 0.1) is 0 Å². The molecule has 2 aromatic carbocycles. The van der Waals surface area contributed by atoms with E-state index in [0.717, 1.165) is 30.3 Å². The highest BCUT2D eigenvalue weighted by molar-refractivity contribution is 7.46. The van der Waals surface area contributed by atoms with Crippen molar-refractivity contribution in [3.8, 4) is 17.2 Å². The van der Waals surface area contributed by atoms with Crippen LogP contribution in [0.25, 0.3) is 6.08 Å². The molecule has 0 fully saturated rings. The summed E-state index contributed by atoms with van der Waals surface area (Å²) in [6.07, 6.45) is -1.81. The molecule has 2 rings (SSSR count). The Kier molecular flexibility index (Phi) is 20.9. The molecule has 0 heterocycles. The predicted octanol–water partition coefficient (Wildman–Crippen LogP) is -0.0257. The first-order valence-electron chi connectivity index (χ1n) is 19.3. The van der Waals surface area contributed by atoms with Crippen molar-refractivity contribution in [2.24, 2.45) is 5.92 Å². The zero-order valence-corrected chi connectivity index (χ0v) is 35.2. The van der Waals surface area contributed by atoms with Crippen molar-refractivity contribution in [2.75, 3.05) is 0 Å². The maximum atomic E-state index is 13.9. The van der Waals surface area contributed by atoms with Gasteiger partial charge in [0.25, 0.3) is 0 Å². The van der Waals surface area contributed by atoms with Crippen molar-refractivity contribution >= 4 is 67.3 Å². The number of aromatic hydroxyl groups is 2. The summed E-state index contributed by atoms with van der Waals surface area (Å²) in [7, 11) is -4.95. The van der Waals surface area contributed by atoms with Crippen LogP contribution in [0.4, 0.5) is 0 Å². The number of carboxylic acid groups (broad SMARTS) is 4. The first-order chi connectivity index (χ1) is 29.9. The van der Waals surface area contributed by atoms with Crippen molar-refractivity contribution in [3.63, 3.8) is 0 Å². The van der Waals surface area contributed by atoms with E-state index in [1.807, 2.05) is 0 Å². The van der Waals surface area contributed by atoms with Crippen LogP contribution in [0.15, 0.2) is 48.5 Å². The molecular formula is C39H50N5O19P. The van der Waals surface area contributed by atoms with Gasteiger partial charge in [-0.3, -0.25) is 48.1 Å². The van der Waals surface area contributed by atoms with Crippen LogP contribution in [0.3, 0.4) is 0 Å². The van der Waals surface area contributed by atoms with Crippen LogP contribution in [0.1, 0.15) is 69.9 Å². The van der Waals surface area contributed by atoms with Crippen LogP contribution < -0.4 is 31.1 Å². The number of phenols is 2. The Morgan fingerprint density at radius 2 is 1.12 bits per heavy atom. The largest absolute Gasteiger partial charge is 0.524 e. The number of rotatable bonds is 27. The maximum Gasteiger partial charge on any atom is 0.524 e. The minimum atomic E-state index is -4.95. The molecule has 25 heteroatoms. The Labute approximate surface area is 364 Å². The number of carboxylic acids is 4. The summed E-state index contributed by atoms with van der Waals surface area (Å²) in [6.45, 7) is 3.13. The fourth-order valence-electron chi connectivity index (χ4n) is 5.66. The standard InChI is InChI=1S/C39H50N5O19P/c1-3-20(2)34(38(57)43-26(39(58)59)12-17-33(52)53)44-36(55)25(11-16-32(50)51)41-35(54)24(10-15-31(48)49)42-37(56)27(18-21-4-8-23(9-5-21)63-64(60,61)62)40-30(47)14-7-22-6-13-28(45)29(46)19-22/h4-9,13-14,19-20,24-27,34,45-46H,3,10-12,15-18H2,1-2H3,(H,40,47)(H,41,54)(H,42,56)(H,43,57)(H,44,55)(H,48,49)(H,50,51)(H,52,53)(H,58,59)(H2,60,61,62)/b14-7+/t20-,24+,25+,26+,27+,34+/m1/s1. The summed E-state index contributed by atoms with van der Waals surface area (Å²) in [5, 5.41) is 68.3. The minimum absolute atomic E-state index is 0.222. The van der Waals surface area contributed by atoms with Crippen LogP contribution in [-0.2, 0) is 54.1 Å². The molecular weight excluding hydrogens is 873 g/mol. The molecule has 0 radical (unpaired) electrons. The average molecular weight is 924 g/mol. The molecule has 0 aliphatic carbocycles. The number of hydrogen-bond acceptors (Lipinski definition) is 13. The second kappa shape index (κ2) is 25.2. The number of phosphoric ester groups is 1. The quantitative estimate of drug-likeness (QED) is 0.0318. The fraction of sp³-hybridized carbons (Fsp3) is 0.410. The first kappa shape index (κ1) is 53.1. The monoisotopic (exact) mass is 923 g/mol. The van der Waals surface area contributed by atoms with Crippen molar-refractivity contribution in [1.29, 1.82) is 0 Å². The van der Waals surface area contributed by atoms with E-state index in [1.54, 1.807) is 6.92 Å². The Balaban J connectivity index is 2.46. The molecule has 64 heavy (non-hydrogen) atoms. The van der Waals surface area contributed by atoms with Gasteiger partial charge < -0.3 is 61.7 Å². The summed E-state index contributed by atoms with van der Waals surface area (Å²) in [5.74, 6) is -13.1. The highest BCUT2D eigenvalue weighted by Gasteiger charge is 2.35. The van der Waals surface area contributed by atoms with Crippen LogP contribution >= 0.6 is 7.82 Å². The van der Waals surface area contributed by atoms with E-state index in [4.69, 9.17) is 14.9 Å². The molecule has 0 saturated heterocycles. The third-order valence-corrected chi connectivity index (χ3v) is 9.71. The molecule has 0 bridgehead atoms. The normalized spacial score (nSPS) is 14.1. The van der Waals surface area contributed by atoms with E-state index >= 15 is 0 Å². The highest BCUT2D eigenvalue weighted by Crippen LogP contribution is 2.37. The van der Waals surface area contributed by atoms with Crippen molar-refractivity contribution in [2.45, 2.75) is 95.4 Å². The second-order valence-electron chi connectivity index (χ2n) is 14.3. The lowest BCUT2D eigenvalue weighted by molar-refractivity contribution is -0.144. The van der Waals surface area contributed by atoms with Gasteiger partial charge in [0.15, 0.2) is 11.5 Å². The molecule has 350 valence electrons. The summed E-state index contributed by atoms with van der Waals surface area (Å²) in [4.78, 5) is 132. The lowest BCUT2D eigenvalue weighted by atomic mass is 9.96. The lowest BCUT2D eigenvalue weighted by Crippen LogP contribution is -2.60. The van der Waals surface area contributed by atoms with Crippen molar-refractivity contribution in [1.82, 2.24) is 26.6 Å². The highest BCUT2D eigenvalue weighted by atomic mass is 31.2.